The molecule has 1 N–H and O–H groups in total. The van der Waals surface area contributed by atoms with Crippen LogP contribution in [0.3, 0.4) is 0 Å². The maximum atomic E-state index is 4.57. The van der Waals surface area contributed by atoms with Crippen LogP contribution in [0.25, 0.3) is 22.2 Å². The van der Waals surface area contributed by atoms with Crippen molar-refractivity contribution in [3.63, 3.8) is 0 Å². The van der Waals surface area contributed by atoms with Crippen molar-refractivity contribution in [2.45, 2.75) is 25.8 Å². The van der Waals surface area contributed by atoms with E-state index >= 15 is 0 Å². The summed E-state index contributed by atoms with van der Waals surface area (Å²) in [6.07, 6.45) is 2.47. The third kappa shape index (κ3) is 2.44. The second-order valence-corrected chi connectivity index (χ2v) is 5.55. The highest BCUT2D eigenvalue weighted by molar-refractivity contribution is 5.93. The predicted molar refractivity (Wildman–Crippen MR) is 84.2 cm³/mol. The van der Waals surface area contributed by atoms with E-state index in [9.17, 15) is 0 Å². The summed E-state index contributed by atoms with van der Waals surface area (Å²) in [6, 6.07) is 14.9. The Balaban J connectivity index is 1.74. The first-order valence-corrected chi connectivity index (χ1v) is 7.26. The summed E-state index contributed by atoms with van der Waals surface area (Å²) in [5.74, 6) is 0.857. The van der Waals surface area contributed by atoms with Crippen LogP contribution in [0.1, 0.15) is 18.5 Å². The van der Waals surface area contributed by atoms with Crippen molar-refractivity contribution in [1.82, 2.24) is 15.2 Å². The van der Waals surface area contributed by atoms with Crippen molar-refractivity contribution < 1.29 is 0 Å². The van der Waals surface area contributed by atoms with Crippen molar-refractivity contribution in [3.05, 3.63) is 48.2 Å². The van der Waals surface area contributed by atoms with Gasteiger partial charge in [0.2, 0.25) is 0 Å². The lowest BCUT2D eigenvalue weighted by atomic mass is 10.0. The molecule has 104 valence electrons. The average molecular weight is 276 g/mol. The number of hydrogen-bond donors (Lipinski definition) is 1. The third-order valence-electron chi connectivity index (χ3n) is 3.74. The molecule has 2 aromatic heterocycles. The van der Waals surface area contributed by atoms with Crippen molar-refractivity contribution >= 4 is 16.7 Å². The zero-order valence-electron chi connectivity index (χ0n) is 11.9. The van der Waals surface area contributed by atoms with Gasteiger partial charge in [-0.3, -0.25) is 4.98 Å². The smallest absolute Gasteiger partial charge is 0.148 e. The summed E-state index contributed by atoms with van der Waals surface area (Å²) < 4.78 is 0. The number of benzene rings is 1. The summed E-state index contributed by atoms with van der Waals surface area (Å²) in [7, 11) is 0. The van der Waals surface area contributed by atoms with Gasteiger partial charge in [-0.15, -0.1) is 10.2 Å². The number of fused-ring (bicyclic) bond motifs is 1. The van der Waals surface area contributed by atoms with E-state index in [4.69, 9.17) is 0 Å². The van der Waals surface area contributed by atoms with Crippen LogP contribution in [0.2, 0.25) is 0 Å². The molecular weight excluding hydrogens is 260 g/mol. The van der Waals surface area contributed by atoms with Crippen molar-refractivity contribution in [2.24, 2.45) is 0 Å². The monoisotopic (exact) mass is 276 g/mol. The zero-order valence-corrected chi connectivity index (χ0v) is 11.9. The van der Waals surface area contributed by atoms with Gasteiger partial charge in [0.25, 0.3) is 0 Å². The lowest BCUT2D eigenvalue weighted by Gasteiger charge is -2.07. The normalized spacial score (nSPS) is 14.3. The maximum Gasteiger partial charge on any atom is 0.148 e. The van der Waals surface area contributed by atoms with Crippen LogP contribution < -0.4 is 5.32 Å². The van der Waals surface area contributed by atoms with Crippen LogP contribution >= 0.6 is 0 Å². The Kier molecular flexibility index (Phi) is 2.81. The second-order valence-electron chi connectivity index (χ2n) is 5.55. The highest BCUT2D eigenvalue weighted by Gasteiger charge is 2.21. The Hall–Kier alpha value is -2.49. The Morgan fingerprint density at radius 2 is 1.90 bits per heavy atom. The van der Waals surface area contributed by atoms with Crippen molar-refractivity contribution in [3.8, 4) is 11.3 Å². The van der Waals surface area contributed by atoms with Crippen LogP contribution in [-0.4, -0.2) is 21.2 Å². The van der Waals surface area contributed by atoms with E-state index < -0.39 is 0 Å². The molecule has 1 aliphatic rings. The topological polar surface area (TPSA) is 50.7 Å². The first kappa shape index (κ1) is 12.3. The molecule has 0 atom stereocenters. The molecule has 2 heterocycles. The molecule has 0 aliphatic heterocycles. The van der Waals surface area contributed by atoms with E-state index in [1.807, 2.05) is 37.3 Å². The molecule has 1 aliphatic carbocycles. The summed E-state index contributed by atoms with van der Waals surface area (Å²) in [4.78, 5) is 4.57. The average Bonchev–Trinajstić information content (AvgIpc) is 3.31. The summed E-state index contributed by atoms with van der Waals surface area (Å²) >= 11 is 0. The molecule has 1 fully saturated rings. The van der Waals surface area contributed by atoms with Gasteiger partial charge in [-0.25, -0.2) is 0 Å². The van der Waals surface area contributed by atoms with Gasteiger partial charge in [0, 0.05) is 22.7 Å². The van der Waals surface area contributed by atoms with Gasteiger partial charge in [-0.2, -0.15) is 0 Å². The number of nitrogens with one attached hydrogen (secondary N) is 1. The predicted octanol–water partition coefficient (Wildman–Crippen LogP) is 3.57. The maximum absolute atomic E-state index is 4.57. The number of aromatic nitrogens is 3. The molecule has 21 heavy (non-hydrogen) atoms. The van der Waals surface area contributed by atoms with Gasteiger partial charge in [0.15, 0.2) is 0 Å². The molecular formula is C17H16N4. The fourth-order valence-corrected chi connectivity index (χ4v) is 2.47. The summed E-state index contributed by atoms with van der Waals surface area (Å²) in [5, 5.41) is 13.1. The number of aryl methyl sites for hydroxylation is 1. The molecule has 4 heteroatoms. The lowest BCUT2D eigenvalue weighted by Crippen LogP contribution is -2.04. The van der Waals surface area contributed by atoms with Gasteiger partial charge < -0.3 is 5.32 Å². The Bertz CT molecular complexity index is 791. The highest BCUT2D eigenvalue weighted by atomic mass is 15.2. The van der Waals surface area contributed by atoms with E-state index in [0.29, 0.717) is 6.04 Å². The number of nitrogens with zero attached hydrogens (tertiary/aromatic N) is 3. The molecule has 4 rings (SSSR count). The number of hydrogen-bond acceptors (Lipinski definition) is 4. The fraction of sp³-hybridized carbons (Fsp3) is 0.235. The van der Waals surface area contributed by atoms with Gasteiger partial charge >= 0.3 is 0 Å². The summed E-state index contributed by atoms with van der Waals surface area (Å²) in [5.41, 5.74) is 3.97. The molecule has 0 amide bonds. The molecule has 4 nitrogen and oxygen atoms in total. The van der Waals surface area contributed by atoms with Crippen LogP contribution in [0, 0.1) is 6.92 Å². The number of pyridine rings is 1. The van der Waals surface area contributed by atoms with Crippen LogP contribution in [0.5, 0.6) is 0 Å². The highest BCUT2D eigenvalue weighted by Crippen LogP contribution is 2.27. The first-order valence-electron chi connectivity index (χ1n) is 7.26. The van der Waals surface area contributed by atoms with Crippen LogP contribution in [0.15, 0.2) is 42.5 Å². The first-order chi connectivity index (χ1) is 10.3. The molecule has 0 spiro atoms. The third-order valence-corrected chi connectivity index (χ3v) is 3.74. The largest absolute Gasteiger partial charge is 0.366 e. The van der Waals surface area contributed by atoms with Gasteiger partial charge in [-0.1, -0.05) is 18.2 Å². The second kappa shape index (κ2) is 4.81. The Morgan fingerprint density at radius 3 is 2.67 bits per heavy atom. The fourth-order valence-electron chi connectivity index (χ4n) is 2.47. The van der Waals surface area contributed by atoms with E-state index in [0.717, 1.165) is 33.7 Å². The van der Waals surface area contributed by atoms with E-state index in [2.05, 4.69) is 32.6 Å². The minimum absolute atomic E-state index is 0.592. The number of anilines is 1. The van der Waals surface area contributed by atoms with Crippen LogP contribution in [-0.2, 0) is 0 Å². The molecule has 1 aromatic carbocycles. The number of rotatable bonds is 3. The zero-order chi connectivity index (χ0) is 14.2. The Labute approximate surface area is 123 Å². The quantitative estimate of drug-likeness (QED) is 0.794. The van der Waals surface area contributed by atoms with Crippen molar-refractivity contribution in [1.29, 1.82) is 0 Å². The van der Waals surface area contributed by atoms with E-state index in [1.54, 1.807) is 0 Å². The summed E-state index contributed by atoms with van der Waals surface area (Å²) in [6.45, 7) is 2.00. The minimum atomic E-state index is 0.592. The molecule has 0 radical (unpaired) electrons. The Morgan fingerprint density at radius 1 is 1.00 bits per heavy atom. The molecule has 0 saturated heterocycles. The molecule has 0 unspecified atom stereocenters. The molecule has 1 saturated carbocycles. The van der Waals surface area contributed by atoms with Gasteiger partial charge in [0.05, 0.1) is 11.2 Å². The van der Waals surface area contributed by atoms with E-state index in [-0.39, 0.29) is 0 Å². The van der Waals surface area contributed by atoms with Gasteiger partial charge in [0.1, 0.15) is 5.82 Å². The molecule has 3 aromatic rings. The lowest BCUT2D eigenvalue weighted by molar-refractivity contribution is 1.00. The minimum Gasteiger partial charge on any atom is -0.366 e. The van der Waals surface area contributed by atoms with Crippen molar-refractivity contribution in [2.75, 3.05) is 5.32 Å². The SMILES string of the molecule is Cc1ccc2c(-c3ccc(NC4CC4)nn3)cccc2n1. The van der Waals surface area contributed by atoms with E-state index in [1.165, 1.54) is 12.8 Å². The standard InChI is InChI=1S/C17H16N4/c1-11-5-8-14-13(3-2-4-15(14)18-11)16-9-10-17(21-20-16)19-12-6-7-12/h2-5,8-10,12H,6-7H2,1H3,(H,19,21). The van der Waals surface area contributed by atoms with Crippen LogP contribution in [0.4, 0.5) is 5.82 Å². The molecule has 0 bridgehead atoms. The van der Waals surface area contributed by atoms with Gasteiger partial charge in [-0.05, 0) is 44.0 Å².